The van der Waals surface area contributed by atoms with Crippen LogP contribution in [0.25, 0.3) is 0 Å². The van der Waals surface area contributed by atoms with Gasteiger partial charge in [0.1, 0.15) is 5.60 Å². The molecule has 0 saturated carbocycles. The van der Waals surface area contributed by atoms with E-state index in [1.807, 2.05) is 26.8 Å². The number of anilines is 2. The normalized spacial score (nSPS) is 25.0. The molecule has 4 saturated heterocycles. The molecule has 0 spiro atoms. The van der Waals surface area contributed by atoms with Gasteiger partial charge in [0.2, 0.25) is 11.6 Å². The molecule has 0 radical (unpaired) electrons. The zero-order valence-electron chi connectivity index (χ0n) is 21.4. The van der Waals surface area contributed by atoms with Gasteiger partial charge in [-0.05, 0) is 68.2 Å². The minimum absolute atomic E-state index is 0. The number of aromatic nitrogens is 4. The molecule has 4 atom stereocenters. The highest BCUT2D eigenvalue weighted by Gasteiger charge is 2.47. The number of carbonyl (C=O) groups excluding carboxylic acids is 1. The molecule has 15 heteroatoms. The second-order valence-corrected chi connectivity index (χ2v) is 10.7. The first-order valence-corrected chi connectivity index (χ1v) is 12.3. The van der Waals surface area contributed by atoms with E-state index in [4.69, 9.17) is 4.74 Å². The average molecular weight is 547 g/mol. The fraction of sp³-hybridized carbons (Fsp3) is 0.609. The molecule has 4 bridgehead atoms. The Morgan fingerprint density at radius 1 is 0.868 bits per heavy atom. The van der Waals surface area contributed by atoms with Crippen LogP contribution in [-0.4, -0.2) is 87.3 Å². The first-order valence-electron chi connectivity index (χ1n) is 12.3. The monoisotopic (exact) mass is 546 g/mol. The molecule has 0 aromatic carbocycles. The Hall–Kier alpha value is -3.52. The molecule has 1 amide bonds. The van der Waals surface area contributed by atoms with Crippen LogP contribution in [0.4, 0.5) is 28.1 Å². The Morgan fingerprint density at radius 2 is 1.47 bits per heavy atom. The third-order valence-electron chi connectivity index (χ3n) is 6.97. The molecule has 6 heterocycles. The van der Waals surface area contributed by atoms with Crippen molar-refractivity contribution in [3.05, 3.63) is 34.1 Å². The summed E-state index contributed by atoms with van der Waals surface area (Å²) in [6.45, 7) is 8.91. The molecule has 6 rings (SSSR count). The fourth-order valence-electron chi connectivity index (χ4n) is 5.37. The summed E-state index contributed by atoms with van der Waals surface area (Å²) in [7, 11) is 0. The smallest absolute Gasteiger partial charge is 0.410 e. The molecule has 38 heavy (non-hydrogen) atoms. The predicted molar refractivity (Wildman–Crippen MR) is 142 cm³/mol. The van der Waals surface area contributed by atoms with Gasteiger partial charge in [-0.25, -0.2) is 4.79 Å². The van der Waals surface area contributed by atoms with Gasteiger partial charge in [0.05, 0.1) is 12.1 Å². The van der Waals surface area contributed by atoms with Crippen LogP contribution in [-0.2, 0) is 4.74 Å². The fourth-order valence-corrected chi connectivity index (χ4v) is 5.37. The van der Waals surface area contributed by atoms with Crippen LogP contribution in [0, 0.1) is 9.81 Å². The number of nitrogens with zero attached hydrogens (tertiary/aromatic N) is 9. The summed E-state index contributed by atoms with van der Waals surface area (Å²) in [4.78, 5) is 38.9. The molecule has 204 valence electrons. The SMILES string of the molecule is CC(C)(C)OC(=O)N1C[C@@H]2C[C@H]1CN2c1ccc(N=O)nn1.Cl.O=Nc1ccc(N2C[C@@H]3C[C@H]2CN3)nn1. The van der Waals surface area contributed by atoms with Crippen LogP contribution in [0.3, 0.4) is 0 Å². The van der Waals surface area contributed by atoms with Gasteiger partial charge in [-0.2, -0.15) is 0 Å². The number of ether oxygens (including phenoxy) is 1. The van der Waals surface area contributed by atoms with Crippen molar-refractivity contribution in [2.75, 3.05) is 36.0 Å². The predicted octanol–water partition coefficient (Wildman–Crippen LogP) is 2.92. The van der Waals surface area contributed by atoms with E-state index in [1.165, 1.54) is 6.42 Å². The number of nitrogens with one attached hydrogen (secondary N) is 1. The van der Waals surface area contributed by atoms with Crippen molar-refractivity contribution in [2.24, 2.45) is 10.4 Å². The van der Waals surface area contributed by atoms with Gasteiger partial charge in [0.25, 0.3) is 0 Å². The summed E-state index contributed by atoms with van der Waals surface area (Å²) < 4.78 is 5.44. The first kappa shape index (κ1) is 27.5. The lowest BCUT2D eigenvalue weighted by Crippen LogP contribution is -2.50. The summed E-state index contributed by atoms with van der Waals surface area (Å²) in [5.41, 5.74) is -0.484. The Kier molecular flexibility index (Phi) is 8.02. The summed E-state index contributed by atoms with van der Waals surface area (Å²) >= 11 is 0. The molecule has 14 nitrogen and oxygen atoms in total. The zero-order valence-corrected chi connectivity index (χ0v) is 22.2. The van der Waals surface area contributed by atoms with Crippen LogP contribution in [0.1, 0.15) is 33.6 Å². The van der Waals surface area contributed by atoms with E-state index in [-0.39, 0.29) is 42.2 Å². The van der Waals surface area contributed by atoms with Crippen LogP contribution in [0.2, 0.25) is 0 Å². The van der Waals surface area contributed by atoms with Crippen molar-refractivity contribution >= 4 is 41.8 Å². The van der Waals surface area contributed by atoms with E-state index in [0.717, 1.165) is 25.3 Å². The number of halogens is 1. The second-order valence-electron chi connectivity index (χ2n) is 10.7. The maximum absolute atomic E-state index is 12.2. The van der Waals surface area contributed by atoms with Gasteiger partial charge in [-0.1, -0.05) is 0 Å². The zero-order chi connectivity index (χ0) is 26.2. The molecule has 2 aromatic heterocycles. The number of nitroso groups, excluding NO2 is 2. The van der Waals surface area contributed by atoms with Crippen molar-refractivity contribution in [2.45, 2.75) is 63.4 Å². The Bertz CT molecular complexity index is 1150. The molecule has 1 N–H and O–H groups in total. The molecule has 0 unspecified atom stereocenters. The van der Waals surface area contributed by atoms with Gasteiger partial charge in [0.15, 0.2) is 11.6 Å². The minimum atomic E-state index is -0.484. The molecule has 4 aliphatic rings. The van der Waals surface area contributed by atoms with Crippen LogP contribution < -0.4 is 15.1 Å². The Morgan fingerprint density at radius 3 is 1.87 bits per heavy atom. The van der Waals surface area contributed by atoms with Crippen molar-refractivity contribution in [3.63, 3.8) is 0 Å². The highest BCUT2D eigenvalue weighted by atomic mass is 35.5. The summed E-state index contributed by atoms with van der Waals surface area (Å²) in [6.07, 6.45) is 1.82. The summed E-state index contributed by atoms with van der Waals surface area (Å²) in [5.74, 6) is 1.77. The lowest BCUT2D eigenvalue weighted by molar-refractivity contribution is 0.0214. The van der Waals surface area contributed by atoms with Crippen LogP contribution >= 0.6 is 12.4 Å². The van der Waals surface area contributed by atoms with E-state index in [1.54, 1.807) is 23.1 Å². The Labute approximate surface area is 225 Å². The Balaban J connectivity index is 0.000000184. The highest BCUT2D eigenvalue weighted by molar-refractivity contribution is 5.85. The van der Waals surface area contributed by atoms with E-state index in [9.17, 15) is 14.6 Å². The number of fused-ring (bicyclic) bond motifs is 4. The maximum atomic E-state index is 12.2. The highest BCUT2D eigenvalue weighted by Crippen LogP contribution is 2.34. The lowest BCUT2D eigenvalue weighted by Gasteiger charge is -2.35. The number of hydrogen-bond donors (Lipinski definition) is 1. The van der Waals surface area contributed by atoms with Crippen molar-refractivity contribution in [1.82, 2.24) is 30.6 Å². The van der Waals surface area contributed by atoms with Gasteiger partial charge >= 0.3 is 6.09 Å². The van der Waals surface area contributed by atoms with Crippen molar-refractivity contribution < 1.29 is 9.53 Å². The van der Waals surface area contributed by atoms with Gasteiger partial charge < -0.3 is 24.8 Å². The van der Waals surface area contributed by atoms with E-state index >= 15 is 0 Å². The van der Waals surface area contributed by atoms with E-state index in [0.29, 0.717) is 31.0 Å². The minimum Gasteiger partial charge on any atom is -0.444 e. The second kappa shape index (κ2) is 11.1. The topological polar surface area (TPSA) is 158 Å². The van der Waals surface area contributed by atoms with Gasteiger partial charge in [0, 0.05) is 38.3 Å². The molecule has 4 fully saturated rings. The quantitative estimate of drug-likeness (QED) is 0.562. The van der Waals surface area contributed by atoms with Gasteiger partial charge in [-0.15, -0.1) is 42.6 Å². The molecular formula is C23H31ClN10O4. The van der Waals surface area contributed by atoms with Crippen molar-refractivity contribution in [1.29, 1.82) is 0 Å². The van der Waals surface area contributed by atoms with Crippen LogP contribution in [0.15, 0.2) is 34.6 Å². The molecule has 2 aromatic rings. The van der Waals surface area contributed by atoms with Crippen molar-refractivity contribution in [3.8, 4) is 0 Å². The average Bonchev–Trinajstić information content (AvgIpc) is 3.70. The standard InChI is InChI=1S/C14H19N5O3.C9H11N5O.ClH/c1-14(2,3)22-13(20)19-8-9-6-10(19)7-18(9)12-5-4-11(17-21)15-16-12;15-13-8-1-2-9(12-11-8)14-5-6-3-7(14)4-10-6;/h4-5,9-10H,6-8H2,1-3H3;1-2,6-7,10H,3-5H2;1H/t9-,10-;6-,7-;/m00./s1. The van der Waals surface area contributed by atoms with E-state index < -0.39 is 5.60 Å². The number of amides is 1. The first-order chi connectivity index (χ1) is 17.7. The molecule has 0 aliphatic carbocycles. The summed E-state index contributed by atoms with van der Waals surface area (Å²) in [6, 6.07) is 8.15. The lowest BCUT2D eigenvalue weighted by atomic mass is 10.2. The molecule has 4 aliphatic heterocycles. The number of carbonyl (C=O) groups is 1. The van der Waals surface area contributed by atoms with E-state index in [2.05, 4.69) is 45.9 Å². The van der Waals surface area contributed by atoms with Crippen LogP contribution in [0.5, 0.6) is 0 Å². The third-order valence-corrected chi connectivity index (χ3v) is 6.97. The molecular weight excluding hydrogens is 516 g/mol. The number of rotatable bonds is 4. The third kappa shape index (κ3) is 5.80. The number of likely N-dealkylation sites (tertiary alicyclic amines) is 1. The largest absolute Gasteiger partial charge is 0.444 e. The summed E-state index contributed by atoms with van der Waals surface area (Å²) in [5, 5.41) is 24.4. The van der Waals surface area contributed by atoms with Gasteiger partial charge in [-0.3, -0.25) is 0 Å². The number of hydrogen-bond acceptors (Lipinski definition) is 13. The number of piperazine rings is 2. The maximum Gasteiger partial charge on any atom is 0.410 e.